The van der Waals surface area contributed by atoms with Crippen LogP contribution in [-0.2, 0) is 22.5 Å². The Morgan fingerprint density at radius 3 is 2.95 bits per heavy atom. The maximum absolute atomic E-state index is 11.2. The normalized spacial score (nSPS) is 10.5. The maximum Gasteiger partial charge on any atom is 0.311 e. The minimum atomic E-state index is -0.288. The molecule has 0 radical (unpaired) electrons. The van der Waals surface area contributed by atoms with Crippen molar-refractivity contribution in [3.8, 4) is 0 Å². The molecule has 0 saturated heterocycles. The van der Waals surface area contributed by atoms with Gasteiger partial charge < -0.3 is 9.64 Å². The Balaban J connectivity index is 1.99. The molecule has 0 amide bonds. The fourth-order valence-corrected chi connectivity index (χ4v) is 2.30. The molecule has 1 N–H and O–H groups in total. The van der Waals surface area contributed by atoms with Crippen LogP contribution in [0, 0.1) is 6.92 Å². The number of carbonyl (C=O) groups excluding carboxylic acids is 1. The zero-order valence-electron chi connectivity index (χ0n) is 11.0. The number of methoxy groups -OCH3 is 1. The highest BCUT2D eigenvalue weighted by atomic mass is 32.1. The largest absolute Gasteiger partial charge is 0.469 e. The van der Waals surface area contributed by atoms with Crippen molar-refractivity contribution in [2.24, 2.45) is 0 Å². The first-order valence-corrected chi connectivity index (χ1v) is 6.56. The van der Waals surface area contributed by atoms with Crippen LogP contribution in [0.2, 0.25) is 0 Å². The second-order valence-corrected chi connectivity index (χ2v) is 4.90. The molecule has 7 nitrogen and oxygen atoms in total. The van der Waals surface area contributed by atoms with Gasteiger partial charge in [-0.1, -0.05) is 0 Å². The number of ether oxygens (including phenoxy) is 1. The molecular formula is C11H15N5O2S. The first-order chi connectivity index (χ1) is 9.08. The molecule has 2 aromatic rings. The first-order valence-electron chi connectivity index (χ1n) is 5.68. The number of anilines is 1. The highest BCUT2D eigenvalue weighted by Crippen LogP contribution is 2.20. The van der Waals surface area contributed by atoms with Gasteiger partial charge in [0.2, 0.25) is 0 Å². The number of aryl methyl sites for hydroxylation is 1. The van der Waals surface area contributed by atoms with Crippen LogP contribution in [0.25, 0.3) is 0 Å². The van der Waals surface area contributed by atoms with Crippen molar-refractivity contribution >= 4 is 22.4 Å². The molecule has 2 heterocycles. The molecule has 0 spiro atoms. The van der Waals surface area contributed by atoms with Crippen LogP contribution in [0.5, 0.6) is 0 Å². The van der Waals surface area contributed by atoms with Gasteiger partial charge in [-0.15, -0.1) is 11.3 Å². The highest BCUT2D eigenvalue weighted by molar-refractivity contribution is 7.13. The van der Waals surface area contributed by atoms with Crippen molar-refractivity contribution in [2.75, 3.05) is 19.1 Å². The monoisotopic (exact) mass is 281 g/mol. The van der Waals surface area contributed by atoms with Gasteiger partial charge in [0.15, 0.2) is 11.0 Å². The second kappa shape index (κ2) is 5.79. The number of thiazole rings is 1. The molecule has 0 fully saturated rings. The first kappa shape index (κ1) is 13.5. The predicted molar refractivity (Wildman–Crippen MR) is 71.1 cm³/mol. The van der Waals surface area contributed by atoms with Crippen molar-refractivity contribution < 1.29 is 9.53 Å². The number of hydrogen-bond acceptors (Lipinski definition) is 7. The lowest BCUT2D eigenvalue weighted by Crippen LogP contribution is -2.17. The molecule has 2 aromatic heterocycles. The van der Waals surface area contributed by atoms with Crippen LogP contribution >= 0.6 is 11.3 Å². The van der Waals surface area contributed by atoms with Gasteiger partial charge in [-0.3, -0.25) is 9.89 Å². The Hall–Kier alpha value is -1.96. The van der Waals surface area contributed by atoms with Crippen LogP contribution in [0.15, 0.2) is 5.38 Å². The second-order valence-electron chi connectivity index (χ2n) is 4.07. The van der Waals surface area contributed by atoms with E-state index in [0.717, 1.165) is 11.0 Å². The fourth-order valence-electron chi connectivity index (χ4n) is 1.51. The number of carbonyl (C=O) groups is 1. The Morgan fingerprint density at radius 1 is 1.53 bits per heavy atom. The third-order valence-electron chi connectivity index (χ3n) is 2.44. The van der Waals surface area contributed by atoms with Gasteiger partial charge in [0.1, 0.15) is 5.82 Å². The SMILES string of the molecule is COC(=O)Cc1csc(N(C)Cc2n[nH]c(C)n2)n1. The summed E-state index contributed by atoms with van der Waals surface area (Å²) in [7, 11) is 3.28. The zero-order chi connectivity index (χ0) is 13.8. The molecule has 0 saturated carbocycles. The highest BCUT2D eigenvalue weighted by Gasteiger charge is 2.12. The Morgan fingerprint density at radius 2 is 2.32 bits per heavy atom. The van der Waals surface area contributed by atoms with Crippen molar-refractivity contribution in [3.05, 3.63) is 22.7 Å². The van der Waals surface area contributed by atoms with E-state index < -0.39 is 0 Å². The fraction of sp³-hybridized carbons (Fsp3) is 0.455. The van der Waals surface area contributed by atoms with Gasteiger partial charge in [0, 0.05) is 12.4 Å². The van der Waals surface area contributed by atoms with E-state index >= 15 is 0 Å². The summed E-state index contributed by atoms with van der Waals surface area (Å²) in [6, 6.07) is 0. The standard InChI is InChI=1S/C11H15N5O2S/c1-7-12-9(15-14-7)5-16(2)11-13-8(6-19-11)4-10(17)18-3/h6H,4-5H2,1-3H3,(H,12,14,15). The Labute approximate surface area is 114 Å². The summed E-state index contributed by atoms with van der Waals surface area (Å²) in [4.78, 5) is 21.7. The van der Waals surface area contributed by atoms with E-state index in [1.165, 1.54) is 18.4 Å². The molecule has 0 aliphatic carbocycles. The molecule has 2 rings (SSSR count). The van der Waals surface area contributed by atoms with Crippen LogP contribution in [0.1, 0.15) is 17.3 Å². The quantitative estimate of drug-likeness (QED) is 0.820. The molecule has 19 heavy (non-hydrogen) atoms. The number of rotatable bonds is 5. The lowest BCUT2D eigenvalue weighted by atomic mass is 10.3. The molecule has 0 aliphatic heterocycles. The minimum absolute atomic E-state index is 0.195. The van der Waals surface area contributed by atoms with Gasteiger partial charge in [-0.2, -0.15) is 5.10 Å². The predicted octanol–water partition coefficient (Wildman–Crippen LogP) is 0.922. The average molecular weight is 281 g/mol. The molecular weight excluding hydrogens is 266 g/mol. The van der Waals surface area contributed by atoms with Gasteiger partial charge >= 0.3 is 5.97 Å². The average Bonchev–Trinajstić information content (AvgIpc) is 2.98. The molecule has 0 aliphatic rings. The Bertz CT molecular complexity index is 565. The van der Waals surface area contributed by atoms with E-state index in [1.807, 2.05) is 24.3 Å². The summed E-state index contributed by atoms with van der Waals surface area (Å²) in [6.45, 7) is 2.42. The van der Waals surface area contributed by atoms with E-state index in [4.69, 9.17) is 0 Å². The van der Waals surface area contributed by atoms with Gasteiger partial charge in [-0.05, 0) is 6.92 Å². The molecule has 0 unspecified atom stereocenters. The number of aromatic amines is 1. The number of aromatic nitrogens is 4. The van der Waals surface area contributed by atoms with E-state index in [1.54, 1.807) is 0 Å². The van der Waals surface area contributed by atoms with Gasteiger partial charge in [0.25, 0.3) is 0 Å². The van der Waals surface area contributed by atoms with Gasteiger partial charge in [-0.25, -0.2) is 9.97 Å². The Kier molecular flexibility index (Phi) is 4.10. The summed E-state index contributed by atoms with van der Waals surface area (Å²) in [5.41, 5.74) is 0.713. The summed E-state index contributed by atoms with van der Waals surface area (Å²) in [5.74, 6) is 1.21. The summed E-state index contributed by atoms with van der Waals surface area (Å²) in [5, 5.41) is 9.55. The summed E-state index contributed by atoms with van der Waals surface area (Å²) in [6.07, 6.45) is 0.195. The molecule has 102 valence electrons. The lowest BCUT2D eigenvalue weighted by molar-refractivity contribution is -0.139. The van der Waals surface area contributed by atoms with Crippen LogP contribution in [0.4, 0.5) is 5.13 Å². The minimum Gasteiger partial charge on any atom is -0.469 e. The topological polar surface area (TPSA) is 84.0 Å². The van der Waals surface area contributed by atoms with Crippen LogP contribution in [-0.4, -0.2) is 40.3 Å². The molecule has 0 aromatic carbocycles. The number of hydrogen-bond donors (Lipinski definition) is 1. The molecule has 0 atom stereocenters. The van der Waals surface area contributed by atoms with Crippen LogP contribution in [0.3, 0.4) is 0 Å². The van der Waals surface area contributed by atoms with Gasteiger partial charge in [0.05, 0.1) is 25.8 Å². The van der Waals surface area contributed by atoms with Crippen molar-refractivity contribution in [2.45, 2.75) is 19.9 Å². The molecule has 0 bridgehead atoms. The van der Waals surface area contributed by atoms with E-state index in [0.29, 0.717) is 18.1 Å². The summed E-state index contributed by atoms with van der Waals surface area (Å²) >= 11 is 1.48. The third-order valence-corrected chi connectivity index (χ3v) is 3.45. The van der Waals surface area contributed by atoms with E-state index in [9.17, 15) is 4.79 Å². The zero-order valence-corrected chi connectivity index (χ0v) is 11.8. The van der Waals surface area contributed by atoms with Crippen LogP contribution < -0.4 is 4.90 Å². The smallest absolute Gasteiger partial charge is 0.311 e. The van der Waals surface area contributed by atoms with Crippen molar-refractivity contribution in [1.82, 2.24) is 20.2 Å². The number of nitrogens with zero attached hydrogens (tertiary/aromatic N) is 4. The van der Waals surface area contributed by atoms with Crippen molar-refractivity contribution in [1.29, 1.82) is 0 Å². The lowest BCUT2D eigenvalue weighted by Gasteiger charge is -2.12. The number of esters is 1. The number of nitrogens with one attached hydrogen (secondary N) is 1. The van der Waals surface area contributed by atoms with E-state index in [-0.39, 0.29) is 12.4 Å². The maximum atomic E-state index is 11.2. The van der Waals surface area contributed by atoms with Crippen molar-refractivity contribution in [3.63, 3.8) is 0 Å². The molecule has 8 heteroatoms. The van der Waals surface area contributed by atoms with E-state index in [2.05, 4.69) is 24.9 Å². The third kappa shape index (κ3) is 3.50. The summed E-state index contributed by atoms with van der Waals surface area (Å²) < 4.78 is 4.61. The number of H-pyrrole nitrogens is 1.